The fraction of sp³-hybridized carbons (Fsp3) is 0.143. The van der Waals surface area contributed by atoms with Gasteiger partial charge in [-0.2, -0.15) is 0 Å². The first-order valence-corrected chi connectivity index (χ1v) is 7.05. The van der Waals surface area contributed by atoms with Gasteiger partial charge in [0.15, 0.2) is 0 Å². The molecule has 4 heteroatoms. The molecule has 0 spiro atoms. The number of benzene rings is 1. The first-order valence-electron chi connectivity index (χ1n) is 5.36. The van der Waals surface area contributed by atoms with Gasteiger partial charge in [-0.05, 0) is 0 Å². The maximum absolute atomic E-state index is 11.9. The summed E-state index contributed by atoms with van der Waals surface area (Å²) >= 11 is 1.32. The quantitative estimate of drug-likeness (QED) is 0.572. The topological polar surface area (TPSA) is 49.3 Å². The van der Waals surface area contributed by atoms with E-state index in [1.54, 1.807) is 25.1 Å². The summed E-state index contributed by atoms with van der Waals surface area (Å²) in [5.41, 5.74) is 1.89. The van der Waals surface area contributed by atoms with Crippen molar-refractivity contribution in [3.05, 3.63) is 53.6 Å². The van der Waals surface area contributed by atoms with Gasteiger partial charge < -0.3 is 0 Å². The number of hydrogen-bond acceptors (Lipinski definition) is 2. The van der Waals surface area contributed by atoms with Crippen LogP contribution in [-0.4, -0.2) is 22.0 Å². The molecule has 18 heavy (non-hydrogen) atoms. The molecule has 0 radical (unpaired) electrons. The van der Waals surface area contributed by atoms with Gasteiger partial charge in [0.05, 0.1) is 0 Å². The SMILES string of the molecule is [CH-]=C/C(=C\[CH]=[W])CNC(=O)c1cccc(O)c1C. The second kappa shape index (κ2) is 7.07. The van der Waals surface area contributed by atoms with Gasteiger partial charge in [-0.1, -0.05) is 0 Å². The Bertz CT molecular complexity index is 507. The second-order valence-electron chi connectivity index (χ2n) is 3.68. The molecule has 0 aliphatic heterocycles. The third kappa shape index (κ3) is 3.78. The van der Waals surface area contributed by atoms with Crippen molar-refractivity contribution in [2.75, 3.05) is 6.54 Å². The number of carbonyl (C=O) groups excluding carboxylic acids is 1. The summed E-state index contributed by atoms with van der Waals surface area (Å²) in [6, 6.07) is 4.88. The van der Waals surface area contributed by atoms with Crippen molar-refractivity contribution in [1.82, 2.24) is 5.32 Å². The van der Waals surface area contributed by atoms with Gasteiger partial charge in [0.1, 0.15) is 0 Å². The van der Waals surface area contributed by atoms with Crippen LogP contribution in [0.25, 0.3) is 0 Å². The van der Waals surface area contributed by atoms with Gasteiger partial charge in [-0.15, -0.1) is 0 Å². The van der Waals surface area contributed by atoms with E-state index in [1.165, 1.54) is 25.4 Å². The van der Waals surface area contributed by atoms with Crippen molar-refractivity contribution in [2.45, 2.75) is 6.92 Å². The van der Waals surface area contributed by atoms with E-state index < -0.39 is 0 Å². The first-order chi connectivity index (χ1) is 8.60. The molecule has 0 heterocycles. The van der Waals surface area contributed by atoms with Crippen LogP contribution in [-0.2, 0) is 19.4 Å². The summed E-state index contributed by atoms with van der Waals surface area (Å²) in [5, 5.41) is 12.3. The molecule has 0 unspecified atom stereocenters. The molecule has 0 bridgehead atoms. The molecule has 2 N–H and O–H groups in total. The molecule has 0 aliphatic carbocycles. The van der Waals surface area contributed by atoms with Gasteiger partial charge in [-0.3, -0.25) is 0 Å². The number of hydrogen-bond donors (Lipinski definition) is 2. The molecule has 0 saturated carbocycles. The molecule has 1 amide bonds. The minimum absolute atomic E-state index is 0.120. The average Bonchev–Trinajstić information content (AvgIpc) is 2.37. The van der Waals surface area contributed by atoms with E-state index in [0.717, 1.165) is 5.57 Å². The fourth-order valence-corrected chi connectivity index (χ4v) is 2.04. The third-order valence-corrected chi connectivity index (χ3v) is 2.99. The Labute approximate surface area is 118 Å². The summed E-state index contributed by atoms with van der Waals surface area (Å²) in [5.74, 6) is -0.103. The molecule has 0 atom stereocenters. The summed E-state index contributed by atoms with van der Waals surface area (Å²) in [7, 11) is 0. The summed E-state index contributed by atoms with van der Waals surface area (Å²) in [4.78, 5) is 11.9. The Kier molecular flexibility index (Phi) is 5.73. The Morgan fingerprint density at radius 3 is 2.89 bits per heavy atom. The van der Waals surface area contributed by atoms with Crippen molar-refractivity contribution in [3.63, 3.8) is 0 Å². The van der Waals surface area contributed by atoms with Crippen molar-refractivity contribution >= 4 is 10.3 Å². The number of rotatable bonds is 5. The van der Waals surface area contributed by atoms with Crippen LogP contribution in [0.2, 0.25) is 0 Å². The molecule has 0 aliphatic rings. The van der Waals surface area contributed by atoms with E-state index >= 15 is 0 Å². The van der Waals surface area contributed by atoms with E-state index in [9.17, 15) is 9.90 Å². The van der Waals surface area contributed by atoms with Crippen LogP contribution < -0.4 is 5.32 Å². The van der Waals surface area contributed by atoms with Crippen molar-refractivity contribution in [1.29, 1.82) is 0 Å². The molecule has 0 saturated heterocycles. The average molecular weight is 412 g/mol. The van der Waals surface area contributed by atoms with Crippen molar-refractivity contribution in [3.8, 4) is 5.75 Å². The predicted molar refractivity (Wildman–Crippen MR) is 68.2 cm³/mol. The van der Waals surface area contributed by atoms with Gasteiger partial charge >= 0.3 is 118 Å². The van der Waals surface area contributed by atoms with Crippen molar-refractivity contribution < 1.29 is 29.3 Å². The van der Waals surface area contributed by atoms with Crippen LogP contribution in [0.3, 0.4) is 0 Å². The van der Waals surface area contributed by atoms with Crippen LogP contribution in [0.1, 0.15) is 15.9 Å². The number of phenolic OH excluding ortho intramolecular Hbond substituents is 1. The number of amides is 1. The van der Waals surface area contributed by atoms with Crippen LogP contribution in [0.4, 0.5) is 0 Å². The zero-order valence-electron chi connectivity index (χ0n) is 10.0. The second-order valence-corrected chi connectivity index (χ2v) is 4.65. The zero-order chi connectivity index (χ0) is 13.5. The van der Waals surface area contributed by atoms with Crippen LogP contribution in [0.15, 0.2) is 35.9 Å². The normalized spacial score (nSPS) is 10.8. The molecule has 3 nitrogen and oxygen atoms in total. The fourth-order valence-electron chi connectivity index (χ4n) is 1.41. The third-order valence-electron chi connectivity index (χ3n) is 2.50. The summed E-state index contributed by atoms with van der Waals surface area (Å²) < 4.78 is 1.93. The molecular formula is C14H14NO2W-. The Morgan fingerprint density at radius 1 is 1.56 bits per heavy atom. The molecule has 1 aromatic carbocycles. The zero-order valence-corrected chi connectivity index (χ0v) is 12.9. The Morgan fingerprint density at radius 2 is 2.28 bits per heavy atom. The summed E-state index contributed by atoms with van der Waals surface area (Å²) in [6.07, 6.45) is 3.33. The van der Waals surface area contributed by atoms with Crippen LogP contribution in [0, 0.1) is 13.5 Å². The number of nitrogens with one attached hydrogen (secondary N) is 1. The van der Waals surface area contributed by atoms with Crippen molar-refractivity contribution in [2.24, 2.45) is 0 Å². The van der Waals surface area contributed by atoms with Gasteiger partial charge in [-0.25, -0.2) is 0 Å². The number of allylic oxidation sites excluding steroid dienone is 1. The Hall–Kier alpha value is -1.47. The van der Waals surface area contributed by atoms with E-state index in [-0.39, 0.29) is 11.7 Å². The van der Waals surface area contributed by atoms with E-state index in [2.05, 4.69) is 5.32 Å². The molecule has 1 rings (SSSR count). The maximum atomic E-state index is 11.9. The molecule has 94 valence electrons. The number of carbonyl (C=O) groups is 1. The molecule has 0 aromatic heterocycles. The van der Waals surface area contributed by atoms with E-state index in [1.807, 2.05) is 10.5 Å². The molecule has 0 fully saturated rings. The minimum atomic E-state index is -0.223. The number of aromatic hydroxyl groups is 1. The van der Waals surface area contributed by atoms with Crippen LogP contribution in [0.5, 0.6) is 5.75 Å². The van der Waals surface area contributed by atoms with Crippen LogP contribution >= 0.6 is 0 Å². The van der Waals surface area contributed by atoms with E-state index in [0.29, 0.717) is 17.7 Å². The standard InChI is InChI=1S/C14H14NO2.W/c1-4-11(5-2)9-15-14(17)12-7-6-8-13(16)10(12)3;/h1-2,4-8,16H,9H2,3H3,(H,15,17);/q-1;/b11-4+;. The van der Waals surface area contributed by atoms with Gasteiger partial charge in [0.2, 0.25) is 0 Å². The first kappa shape index (κ1) is 14.6. The predicted octanol–water partition coefficient (Wildman–Crippen LogP) is 1.70. The van der Waals surface area contributed by atoms with E-state index in [4.69, 9.17) is 6.58 Å². The van der Waals surface area contributed by atoms with Gasteiger partial charge in [0.25, 0.3) is 0 Å². The molecule has 1 aromatic rings. The number of phenols is 1. The molecular weight excluding hydrogens is 398 g/mol. The monoisotopic (exact) mass is 412 g/mol. The summed E-state index contributed by atoms with van der Waals surface area (Å²) in [6.45, 7) is 7.52. The Balaban J connectivity index is 2.77. The van der Waals surface area contributed by atoms with Gasteiger partial charge in [0, 0.05) is 0 Å².